The molecule has 0 bridgehead atoms. The van der Waals surface area contributed by atoms with Crippen molar-refractivity contribution in [2.45, 2.75) is 13.5 Å². The van der Waals surface area contributed by atoms with Crippen LogP contribution in [0.4, 0.5) is 15.9 Å². The molecule has 0 aliphatic carbocycles. The third-order valence-corrected chi connectivity index (χ3v) is 4.39. The predicted molar refractivity (Wildman–Crippen MR) is 99.0 cm³/mol. The largest absolute Gasteiger partial charge is 0.378 e. The zero-order valence-electron chi connectivity index (χ0n) is 15.0. The lowest BCUT2D eigenvalue weighted by Gasteiger charge is -2.29. The molecule has 1 N–H and O–H groups in total. The fourth-order valence-electron chi connectivity index (χ4n) is 3.03. The highest BCUT2D eigenvalue weighted by Crippen LogP contribution is 2.26. The van der Waals surface area contributed by atoms with E-state index in [9.17, 15) is 4.39 Å². The molecule has 7 nitrogen and oxygen atoms in total. The summed E-state index contributed by atoms with van der Waals surface area (Å²) in [6.07, 6.45) is 1.68. The van der Waals surface area contributed by atoms with Crippen LogP contribution >= 0.6 is 0 Å². The molecule has 0 spiro atoms. The number of nitrogens with zero attached hydrogens (tertiary/aromatic N) is 4. The molecular weight excluding hydrogens is 349 g/mol. The van der Waals surface area contributed by atoms with Crippen molar-refractivity contribution < 1.29 is 13.7 Å². The minimum absolute atomic E-state index is 0.232. The van der Waals surface area contributed by atoms with E-state index in [0.29, 0.717) is 61.6 Å². The van der Waals surface area contributed by atoms with E-state index in [0.717, 1.165) is 5.56 Å². The first-order chi connectivity index (χ1) is 13.2. The Morgan fingerprint density at radius 1 is 1.22 bits per heavy atom. The van der Waals surface area contributed by atoms with Crippen LogP contribution in [-0.4, -0.2) is 41.4 Å². The normalized spacial score (nSPS) is 14.4. The molecule has 1 saturated heterocycles. The Morgan fingerprint density at radius 2 is 2.07 bits per heavy atom. The van der Waals surface area contributed by atoms with Gasteiger partial charge in [0.2, 0.25) is 0 Å². The molecule has 0 amide bonds. The maximum Gasteiger partial charge on any atom is 0.261 e. The monoisotopic (exact) mass is 369 g/mol. The lowest BCUT2D eigenvalue weighted by molar-refractivity contribution is 0.122. The standard InChI is InChI=1S/C19H20FN5O2/c1-13-23-19(27-24-13)15-3-2-6-21-18(15)22-12-14-4-5-17(16(20)11-14)25-7-9-26-10-8-25/h2-6,11H,7-10,12H2,1H3,(H,21,22). The molecule has 3 heterocycles. The first kappa shape index (κ1) is 17.4. The van der Waals surface area contributed by atoms with Crippen LogP contribution in [0.5, 0.6) is 0 Å². The van der Waals surface area contributed by atoms with Crippen molar-refractivity contribution >= 4 is 11.5 Å². The predicted octanol–water partition coefficient (Wildman–Crippen LogP) is 3.03. The quantitative estimate of drug-likeness (QED) is 0.741. The summed E-state index contributed by atoms with van der Waals surface area (Å²) >= 11 is 0. The molecule has 0 saturated carbocycles. The molecule has 1 aliphatic rings. The summed E-state index contributed by atoms with van der Waals surface area (Å²) < 4.78 is 25.1. The Labute approximate surface area is 156 Å². The fourth-order valence-corrected chi connectivity index (χ4v) is 3.03. The maximum atomic E-state index is 14.5. The molecule has 0 atom stereocenters. The van der Waals surface area contributed by atoms with Gasteiger partial charge >= 0.3 is 0 Å². The molecule has 8 heteroatoms. The zero-order chi connectivity index (χ0) is 18.6. The van der Waals surface area contributed by atoms with Gasteiger partial charge in [0.25, 0.3) is 5.89 Å². The van der Waals surface area contributed by atoms with Gasteiger partial charge in [-0.25, -0.2) is 9.37 Å². The molecule has 0 radical (unpaired) electrons. The highest BCUT2D eigenvalue weighted by atomic mass is 19.1. The van der Waals surface area contributed by atoms with Gasteiger partial charge in [-0.3, -0.25) is 0 Å². The van der Waals surface area contributed by atoms with Gasteiger partial charge < -0.3 is 19.5 Å². The van der Waals surface area contributed by atoms with Crippen LogP contribution in [0.3, 0.4) is 0 Å². The number of aromatic nitrogens is 3. The third kappa shape index (κ3) is 3.90. The molecule has 1 aliphatic heterocycles. The second kappa shape index (κ2) is 7.71. The van der Waals surface area contributed by atoms with Crippen LogP contribution in [0.25, 0.3) is 11.5 Å². The number of nitrogens with one attached hydrogen (secondary N) is 1. The molecule has 27 heavy (non-hydrogen) atoms. The molecule has 3 aromatic rings. The van der Waals surface area contributed by atoms with E-state index in [2.05, 4.69) is 20.4 Å². The first-order valence-corrected chi connectivity index (χ1v) is 8.81. The lowest BCUT2D eigenvalue weighted by atomic mass is 10.1. The number of hydrogen-bond donors (Lipinski definition) is 1. The summed E-state index contributed by atoms with van der Waals surface area (Å²) in [5.74, 6) is 1.33. The Kier molecular flexibility index (Phi) is 4.97. The molecule has 4 rings (SSSR count). The van der Waals surface area contributed by atoms with E-state index in [1.54, 1.807) is 25.3 Å². The smallest absolute Gasteiger partial charge is 0.261 e. The number of ether oxygens (including phenoxy) is 1. The molecule has 1 fully saturated rings. The van der Waals surface area contributed by atoms with Crippen molar-refractivity contribution in [3.63, 3.8) is 0 Å². The number of aryl methyl sites for hydroxylation is 1. The topological polar surface area (TPSA) is 76.3 Å². The number of halogens is 1. The SMILES string of the molecule is Cc1noc(-c2cccnc2NCc2ccc(N3CCOCC3)c(F)c2)n1. The Hall–Kier alpha value is -3.00. The van der Waals surface area contributed by atoms with Crippen molar-refractivity contribution in [1.82, 2.24) is 15.1 Å². The van der Waals surface area contributed by atoms with Gasteiger partial charge in [-0.1, -0.05) is 11.2 Å². The second-order valence-corrected chi connectivity index (χ2v) is 6.29. The molecule has 140 valence electrons. The summed E-state index contributed by atoms with van der Waals surface area (Å²) in [6, 6.07) is 8.94. The number of rotatable bonds is 5. The van der Waals surface area contributed by atoms with E-state index in [4.69, 9.17) is 9.26 Å². The fraction of sp³-hybridized carbons (Fsp3) is 0.316. The summed E-state index contributed by atoms with van der Waals surface area (Å²) in [6.45, 7) is 4.85. The van der Waals surface area contributed by atoms with Gasteiger partial charge in [0.15, 0.2) is 5.82 Å². The Balaban J connectivity index is 1.49. The maximum absolute atomic E-state index is 14.5. The minimum Gasteiger partial charge on any atom is -0.378 e. The molecule has 0 unspecified atom stereocenters. The second-order valence-electron chi connectivity index (χ2n) is 6.29. The highest BCUT2D eigenvalue weighted by Gasteiger charge is 2.16. The minimum atomic E-state index is -0.232. The van der Waals surface area contributed by atoms with E-state index in [1.165, 1.54) is 0 Å². The molecular formula is C19H20FN5O2. The zero-order valence-corrected chi connectivity index (χ0v) is 15.0. The Morgan fingerprint density at radius 3 is 2.81 bits per heavy atom. The summed E-state index contributed by atoms with van der Waals surface area (Å²) in [7, 11) is 0. The van der Waals surface area contributed by atoms with E-state index in [-0.39, 0.29) is 5.82 Å². The van der Waals surface area contributed by atoms with Gasteiger partial charge in [-0.05, 0) is 36.8 Å². The Bertz CT molecular complexity index is 924. The summed E-state index contributed by atoms with van der Waals surface area (Å²) in [4.78, 5) is 10.6. The van der Waals surface area contributed by atoms with Crippen molar-refractivity contribution in [3.8, 4) is 11.5 Å². The first-order valence-electron chi connectivity index (χ1n) is 8.81. The third-order valence-electron chi connectivity index (χ3n) is 4.39. The van der Waals surface area contributed by atoms with Gasteiger partial charge in [-0.2, -0.15) is 4.98 Å². The van der Waals surface area contributed by atoms with Gasteiger partial charge in [0.05, 0.1) is 24.5 Å². The number of pyridine rings is 1. The summed E-state index contributed by atoms with van der Waals surface area (Å²) in [5.41, 5.74) is 2.15. The van der Waals surface area contributed by atoms with Gasteiger partial charge in [0, 0.05) is 25.8 Å². The van der Waals surface area contributed by atoms with Gasteiger partial charge in [0.1, 0.15) is 11.6 Å². The van der Waals surface area contributed by atoms with Crippen LogP contribution in [0, 0.1) is 12.7 Å². The average molecular weight is 369 g/mol. The van der Waals surface area contributed by atoms with Crippen molar-refractivity contribution in [2.75, 3.05) is 36.5 Å². The van der Waals surface area contributed by atoms with E-state index < -0.39 is 0 Å². The van der Waals surface area contributed by atoms with E-state index >= 15 is 0 Å². The van der Waals surface area contributed by atoms with Crippen LogP contribution in [-0.2, 0) is 11.3 Å². The highest BCUT2D eigenvalue weighted by molar-refractivity contribution is 5.68. The average Bonchev–Trinajstić information content (AvgIpc) is 3.13. The van der Waals surface area contributed by atoms with Gasteiger partial charge in [-0.15, -0.1) is 0 Å². The van der Waals surface area contributed by atoms with Crippen molar-refractivity contribution in [3.05, 3.63) is 53.7 Å². The van der Waals surface area contributed by atoms with Crippen molar-refractivity contribution in [1.29, 1.82) is 0 Å². The summed E-state index contributed by atoms with van der Waals surface area (Å²) in [5, 5.41) is 7.04. The van der Waals surface area contributed by atoms with Crippen molar-refractivity contribution in [2.24, 2.45) is 0 Å². The number of hydrogen-bond acceptors (Lipinski definition) is 7. The number of benzene rings is 1. The van der Waals surface area contributed by atoms with E-state index in [1.807, 2.05) is 23.1 Å². The molecule has 2 aromatic heterocycles. The van der Waals surface area contributed by atoms with Crippen LogP contribution in [0.1, 0.15) is 11.4 Å². The van der Waals surface area contributed by atoms with Crippen LogP contribution in [0.2, 0.25) is 0 Å². The number of morpholine rings is 1. The van der Waals surface area contributed by atoms with Crippen LogP contribution < -0.4 is 10.2 Å². The number of anilines is 2. The lowest BCUT2D eigenvalue weighted by Crippen LogP contribution is -2.36. The molecule has 1 aromatic carbocycles. The van der Waals surface area contributed by atoms with Crippen LogP contribution in [0.15, 0.2) is 41.1 Å².